The van der Waals surface area contributed by atoms with E-state index >= 15 is 0 Å². The molecular weight excluding hydrogens is 136 g/mol. The molecule has 0 aromatic rings. The minimum atomic E-state index is 0.410. The molecule has 0 radical (unpaired) electrons. The quantitative estimate of drug-likeness (QED) is 0.612. The van der Waals surface area contributed by atoms with E-state index in [0.29, 0.717) is 11.7 Å². The molecule has 0 saturated carbocycles. The van der Waals surface area contributed by atoms with Crippen molar-refractivity contribution in [2.75, 3.05) is 0 Å². The first-order valence-electron chi connectivity index (χ1n) is 4.68. The van der Waals surface area contributed by atoms with Crippen molar-refractivity contribution in [1.82, 2.24) is 0 Å². The highest BCUT2D eigenvalue weighted by Gasteiger charge is 2.01. The maximum atomic E-state index is 10.9. The molecule has 0 saturated heterocycles. The van der Waals surface area contributed by atoms with Crippen LogP contribution in [0.25, 0.3) is 0 Å². The average Bonchev–Trinajstić information content (AvgIpc) is 1.91. The van der Waals surface area contributed by atoms with Gasteiger partial charge in [0, 0.05) is 12.8 Å². The third-order valence-corrected chi connectivity index (χ3v) is 1.16. The average molecular weight is 158 g/mol. The Balaban J connectivity index is 0. The molecule has 68 valence electrons. The lowest BCUT2D eigenvalue weighted by Gasteiger charge is -2.00. The van der Waals surface area contributed by atoms with Crippen molar-refractivity contribution in [2.24, 2.45) is 5.92 Å². The van der Waals surface area contributed by atoms with Crippen molar-refractivity contribution in [3.8, 4) is 0 Å². The van der Waals surface area contributed by atoms with Crippen molar-refractivity contribution in [2.45, 2.75) is 53.9 Å². The molecule has 0 unspecified atom stereocenters. The largest absolute Gasteiger partial charge is 0.300 e. The monoisotopic (exact) mass is 158 g/mol. The van der Waals surface area contributed by atoms with Crippen LogP contribution in [-0.4, -0.2) is 5.78 Å². The predicted octanol–water partition coefficient (Wildman–Crippen LogP) is 3.43. The molecule has 0 fully saturated rings. The Hall–Kier alpha value is -0.330. The van der Waals surface area contributed by atoms with Gasteiger partial charge in [-0.3, -0.25) is 4.79 Å². The van der Waals surface area contributed by atoms with Crippen LogP contribution in [0.2, 0.25) is 0 Å². The molecule has 1 nitrogen and oxygen atoms in total. The van der Waals surface area contributed by atoms with E-state index in [9.17, 15) is 4.79 Å². The number of hydrogen-bond acceptors (Lipinski definition) is 1. The van der Waals surface area contributed by atoms with E-state index in [-0.39, 0.29) is 0 Å². The summed E-state index contributed by atoms with van der Waals surface area (Å²) < 4.78 is 0. The maximum Gasteiger partial charge on any atom is 0.133 e. The normalized spacial score (nSPS) is 8.91. The third-order valence-electron chi connectivity index (χ3n) is 1.16. The zero-order valence-corrected chi connectivity index (χ0v) is 8.61. The van der Waals surface area contributed by atoms with Crippen molar-refractivity contribution in [1.29, 1.82) is 0 Å². The summed E-state index contributed by atoms with van der Waals surface area (Å²) in [5.41, 5.74) is 0. The Morgan fingerprint density at radius 2 is 1.73 bits per heavy atom. The highest BCUT2D eigenvalue weighted by molar-refractivity contribution is 5.78. The molecule has 1 heteroatoms. The minimum Gasteiger partial charge on any atom is -0.300 e. The van der Waals surface area contributed by atoms with Gasteiger partial charge in [0.05, 0.1) is 0 Å². The Bertz CT molecular complexity index is 84.9. The summed E-state index contributed by atoms with van der Waals surface area (Å²) in [5, 5.41) is 0. The van der Waals surface area contributed by atoms with E-state index < -0.39 is 0 Å². The van der Waals surface area contributed by atoms with Crippen LogP contribution in [-0.2, 0) is 4.79 Å². The molecule has 0 amide bonds. The van der Waals surface area contributed by atoms with Crippen LogP contribution in [0, 0.1) is 5.92 Å². The summed E-state index contributed by atoms with van der Waals surface area (Å²) in [5.74, 6) is 0.941. The van der Waals surface area contributed by atoms with Gasteiger partial charge in [0.15, 0.2) is 0 Å². The molecule has 0 N–H and O–H groups in total. The first kappa shape index (κ1) is 13.3. The summed E-state index contributed by atoms with van der Waals surface area (Å²) in [6.07, 6.45) is 2.51. The lowest BCUT2D eigenvalue weighted by atomic mass is 10.0. The topological polar surface area (TPSA) is 17.1 Å². The van der Waals surface area contributed by atoms with Crippen molar-refractivity contribution < 1.29 is 4.79 Å². The second-order valence-corrected chi connectivity index (χ2v) is 2.89. The Morgan fingerprint density at radius 1 is 1.27 bits per heavy atom. The van der Waals surface area contributed by atoms with Crippen LogP contribution in [0.1, 0.15) is 53.9 Å². The van der Waals surface area contributed by atoms with E-state index in [1.165, 1.54) is 0 Å². The minimum absolute atomic E-state index is 0.410. The number of carbonyl (C=O) groups excluding carboxylic acids is 1. The first-order chi connectivity index (χ1) is 5.16. The van der Waals surface area contributed by atoms with Crippen LogP contribution in [0.5, 0.6) is 0 Å². The van der Waals surface area contributed by atoms with Crippen molar-refractivity contribution in [3.63, 3.8) is 0 Å². The predicted molar refractivity (Wildman–Crippen MR) is 50.7 cm³/mol. The number of rotatable bonds is 4. The molecule has 0 heterocycles. The molecule has 11 heavy (non-hydrogen) atoms. The summed E-state index contributed by atoms with van der Waals surface area (Å²) in [4.78, 5) is 10.9. The smallest absolute Gasteiger partial charge is 0.133 e. The standard InChI is InChI=1S/C8H16O.C2H6/c1-4-5-8(9)6-7(2)3;1-2/h7H,4-6H2,1-3H3;1-2H3. The molecule has 0 aliphatic carbocycles. The molecule has 0 aromatic carbocycles. The van der Waals surface area contributed by atoms with Gasteiger partial charge >= 0.3 is 0 Å². The molecule has 0 aliphatic heterocycles. The zero-order chi connectivity index (χ0) is 9.28. The van der Waals surface area contributed by atoms with Gasteiger partial charge < -0.3 is 0 Å². The fourth-order valence-electron chi connectivity index (χ4n) is 0.836. The second kappa shape index (κ2) is 9.67. The first-order valence-corrected chi connectivity index (χ1v) is 4.68. The molecule has 0 aliphatic rings. The second-order valence-electron chi connectivity index (χ2n) is 2.89. The maximum absolute atomic E-state index is 10.9. The summed E-state index contributed by atoms with van der Waals surface area (Å²) in [6, 6.07) is 0. The lowest BCUT2D eigenvalue weighted by molar-refractivity contribution is -0.119. The van der Waals surface area contributed by atoms with Gasteiger partial charge in [0.1, 0.15) is 5.78 Å². The molecule has 0 bridgehead atoms. The van der Waals surface area contributed by atoms with Gasteiger partial charge in [-0.1, -0.05) is 34.6 Å². The lowest BCUT2D eigenvalue weighted by Crippen LogP contribution is -2.01. The Morgan fingerprint density at radius 3 is 2.00 bits per heavy atom. The Labute approximate surface area is 71.2 Å². The highest BCUT2D eigenvalue weighted by Crippen LogP contribution is 2.03. The number of Topliss-reactive ketones (excluding diaryl/α,β-unsaturated/α-hetero) is 1. The van der Waals surface area contributed by atoms with Gasteiger partial charge in [0.25, 0.3) is 0 Å². The fourth-order valence-corrected chi connectivity index (χ4v) is 0.836. The van der Waals surface area contributed by atoms with Gasteiger partial charge in [-0.15, -0.1) is 0 Å². The van der Waals surface area contributed by atoms with E-state index in [2.05, 4.69) is 13.8 Å². The van der Waals surface area contributed by atoms with E-state index in [0.717, 1.165) is 19.3 Å². The fraction of sp³-hybridized carbons (Fsp3) is 0.900. The molecule has 0 rings (SSSR count). The van der Waals surface area contributed by atoms with Gasteiger partial charge in [-0.05, 0) is 12.3 Å². The molecule has 0 atom stereocenters. The van der Waals surface area contributed by atoms with E-state index in [1.807, 2.05) is 20.8 Å². The summed E-state index contributed by atoms with van der Waals surface area (Å²) >= 11 is 0. The Kier molecular flexibility index (Phi) is 11.7. The molecule has 0 spiro atoms. The van der Waals surface area contributed by atoms with Crippen LogP contribution < -0.4 is 0 Å². The van der Waals surface area contributed by atoms with Gasteiger partial charge in [-0.25, -0.2) is 0 Å². The van der Waals surface area contributed by atoms with E-state index in [4.69, 9.17) is 0 Å². The van der Waals surface area contributed by atoms with Gasteiger partial charge in [-0.2, -0.15) is 0 Å². The molecular formula is C10H22O. The number of hydrogen-bond donors (Lipinski definition) is 0. The van der Waals surface area contributed by atoms with Crippen molar-refractivity contribution >= 4 is 5.78 Å². The van der Waals surface area contributed by atoms with Crippen LogP contribution in [0.3, 0.4) is 0 Å². The van der Waals surface area contributed by atoms with Crippen LogP contribution in [0.15, 0.2) is 0 Å². The molecule has 0 aromatic heterocycles. The SMILES string of the molecule is CC.CCCC(=O)CC(C)C. The number of carbonyl (C=O) groups is 1. The summed E-state index contributed by atoms with van der Waals surface area (Å²) in [6.45, 7) is 10.2. The zero-order valence-electron chi connectivity index (χ0n) is 8.61. The number of ketones is 1. The van der Waals surface area contributed by atoms with Crippen LogP contribution >= 0.6 is 0 Å². The third kappa shape index (κ3) is 12.8. The summed E-state index contributed by atoms with van der Waals surface area (Å²) in [7, 11) is 0. The van der Waals surface area contributed by atoms with Crippen molar-refractivity contribution in [3.05, 3.63) is 0 Å². The highest BCUT2D eigenvalue weighted by atomic mass is 16.1. The van der Waals surface area contributed by atoms with E-state index in [1.54, 1.807) is 0 Å². The van der Waals surface area contributed by atoms with Gasteiger partial charge in [0.2, 0.25) is 0 Å². The van der Waals surface area contributed by atoms with Crippen LogP contribution in [0.4, 0.5) is 0 Å².